The monoisotopic (exact) mass is 1260 g/mol. The zero-order valence-corrected chi connectivity index (χ0v) is 58.5. The van der Waals surface area contributed by atoms with Crippen molar-refractivity contribution in [2.75, 3.05) is 13.2 Å². The Morgan fingerprint density at radius 3 is 0.674 bits per heavy atom. The molecule has 0 aromatic heterocycles. The lowest BCUT2D eigenvalue weighted by Gasteiger charge is -2.15. The third-order valence-corrected chi connectivity index (χ3v) is 14.6. The van der Waals surface area contributed by atoms with Gasteiger partial charge in [-0.15, -0.1) is 0 Å². The van der Waals surface area contributed by atoms with E-state index in [4.69, 9.17) is 9.47 Å². The number of aliphatic hydroxyl groups excluding tert-OH is 1. The first kappa shape index (κ1) is 85.7. The predicted octanol–water partition coefficient (Wildman–Crippen LogP) is 26.2. The molecule has 5 heteroatoms. The summed E-state index contributed by atoms with van der Waals surface area (Å²) in [5.41, 5.74) is 0. The molecule has 1 N–H and O–H groups in total. The summed E-state index contributed by atoms with van der Waals surface area (Å²) >= 11 is 0. The van der Waals surface area contributed by atoms with Crippen molar-refractivity contribution in [1.29, 1.82) is 0 Å². The van der Waals surface area contributed by atoms with Gasteiger partial charge in [0.1, 0.15) is 6.61 Å². The molecule has 0 saturated carbocycles. The molecule has 5 nitrogen and oxygen atoms in total. The standard InChI is InChI=1S/C87H132O5/c1-3-5-7-9-11-13-15-17-19-21-23-25-27-29-31-33-35-37-39-41-43-45-47-49-51-53-55-57-59-61-63-65-67-69-71-73-75-77-79-81-86(89)91-84-85(83-88)92-87(90)82-80-78-76-74-72-70-68-66-64-62-60-58-56-54-52-50-48-46-44-42-40-38-36-34-32-30-28-26-24-22-20-18-16-14-12-10-8-6-4-2/h5-8,11-14,17-20,23-26,29-32,35-38,41-44,47-50,54,56,60,62,66,68,72,74,85,88H,3-4,9-10,15-16,21-22,27-28,33-34,39-40,45-46,51-53,55,57-59,61,63-65,67,69-71,73,75-84H2,1-2H3/b7-5-,8-6-,13-11-,14-12-,19-17-,20-18-,25-23-,26-24-,31-29-,32-30-,37-35-,38-36-,43-41-,44-42-,49-47-,50-48-,56-54-,62-60-,68-66-,74-72-. The fourth-order valence-electron chi connectivity index (χ4n) is 9.26. The predicted molar refractivity (Wildman–Crippen MR) is 407 cm³/mol. The number of unbranched alkanes of at least 4 members (excludes halogenated alkanes) is 16. The van der Waals surface area contributed by atoms with Gasteiger partial charge >= 0.3 is 11.9 Å². The van der Waals surface area contributed by atoms with E-state index in [0.29, 0.717) is 12.8 Å². The van der Waals surface area contributed by atoms with Crippen LogP contribution in [0.4, 0.5) is 0 Å². The molecule has 0 aromatic carbocycles. The highest BCUT2D eigenvalue weighted by Gasteiger charge is 2.16. The number of carbonyl (C=O) groups excluding carboxylic acids is 2. The molecule has 0 saturated heterocycles. The molecule has 0 rings (SSSR count). The van der Waals surface area contributed by atoms with E-state index in [1.165, 1.54) is 77.0 Å². The maximum Gasteiger partial charge on any atom is 0.306 e. The molecule has 510 valence electrons. The van der Waals surface area contributed by atoms with Gasteiger partial charge in [-0.3, -0.25) is 9.59 Å². The average molecular weight is 1260 g/mol. The molecule has 0 amide bonds. The van der Waals surface area contributed by atoms with E-state index in [1.807, 2.05) is 0 Å². The highest BCUT2D eigenvalue weighted by Crippen LogP contribution is 2.15. The lowest BCUT2D eigenvalue weighted by molar-refractivity contribution is -0.161. The molecule has 0 heterocycles. The number of ether oxygens (including phenoxy) is 2. The van der Waals surface area contributed by atoms with Crippen molar-refractivity contribution in [3.05, 3.63) is 243 Å². The maximum atomic E-state index is 12.4. The number of hydrogen-bond donors (Lipinski definition) is 1. The summed E-state index contributed by atoms with van der Waals surface area (Å²) in [5, 5.41) is 9.70. The van der Waals surface area contributed by atoms with Crippen LogP contribution in [0.15, 0.2) is 243 Å². The van der Waals surface area contributed by atoms with Crippen molar-refractivity contribution >= 4 is 11.9 Å². The molecule has 0 fully saturated rings. The van der Waals surface area contributed by atoms with E-state index in [0.717, 1.165) is 161 Å². The van der Waals surface area contributed by atoms with Gasteiger partial charge in [0.05, 0.1) is 6.61 Å². The van der Waals surface area contributed by atoms with E-state index in [1.54, 1.807) is 0 Å². The number of allylic oxidation sites excluding steroid dienone is 40. The van der Waals surface area contributed by atoms with Gasteiger partial charge in [-0.25, -0.2) is 0 Å². The largest absolute Gasteiger partial charge is 0.462 e. The fraction of sp³-hybridized carbons (Fsp3) is 0.517. The number of hydrogen-bond acceptors (Lipinski definition) is 5. The van der Waals surface area contributed by atoms with Crippen LogP contribution < -0.4 is 0 Å². The van der Waals surface area contributed by atoms with Gasteiger partial charge in [0, 0.05) is 12.8 Å². The van der Waals surface area contributed by atoms with Crippen molar-refractivity contribution in [3.8, 4) is 0 Å². The third-order valence-electron chi connectivity index (χ3n) is 14.6. The summed E-state index contributed by atoms with van der Waals surface area (Å²) in [4.78, 5) is 24.7. The van der Waals surface area contributed by atoms with Gasteiger partial charge in [0.2, 0.25) is 0 Å². The Morgan fingerprint density at radius 2 is 0.435 bits per heavy atom. The van der Waals surface area contributed by atoms with Crippen LogP contribution in [0, 0.1) is 0 Å². The second kappa shape index (κ2) is 78.9. The zero-order valence-electron chi connectivity index (χ0n) is 58.5. The highest BCUT2D eigenvalue weighted by molar-refractivity contribution is 5.70. The van der Waals surface area contributed by atoms with E-state index >= 15 is 0 Å². The Bertz CT molecular complexity index is 2270. The first-order valence-corrected chi connectivity index (χ1v) is 36.6. The molecule has 0 bridgehead atoms. The summed E-state index contributed by atoms with van der Waals surface area (Å²) < 4.78 is 10.7. The second-order valence-electron chi connectivity index (χ2n) is 23.2. The molecular formula is C87H132O5. The number of aliphatic hydroxyl groups is 1. The van der Waals surface area contributed by atoms with Crippen LogP contribution in [-0.2, 0) is 19.1 Å². The average Bonchev–Trinajstić information content (AvgIpc) is 3.75. The van der Waals surface area contributed by atoms with Crippen molar-refractivity contribution in [2.24, 2.45) is 0 Å². The van der Waals surface area contributed by atoms with Gasteiger partial charge < -0.3 is 14.6 Å². The smallest absolute Gasteiger partial charge is 0.306 e. The molecule has 0 aliphatic rings. The quantitative estimate of drug-likeness (QED) is 0.0373. The van der Waals surface area contributed by atoms with Gasteiger partial charge in [-0.05, 0) is 167 Å². The Morgan fingerprint density at radius 1 is 0.250 bits per heavy atom. The molecule has 0 radical (unpaired) electrons. The lowest BCUT2D eigenvalue weighted by Crippen LogP contribution is -2.28. The molecule has 0 spiro atoms. The highest BCUT2D eigenvalue weighted by atomic mass is 16.6. The molecular weight excluding hydrogens is 1120 g/mol. The van der Waals surface area contributed by atoms with Gasteiger partial charge in [0.15, 0.2) is 6.10 Å². The lowest BCUT2D eigenvalue weighted by atomic mass is 10.0. The van der Waals surface area contributed by atoms with Gasteiger partial charge in [-0.2, -0.15) is 0 Å². The van der Waals surface area contributed by atoms with Crippen LogP contribution in [0.2, 0.25) is 0 Å². The number of esters is 2. The zero-order chi connectivity index (χ0) is 66.1. The normalized spacial score (nSPS) is 13.7. The van der Waals surface area contributed by atoms with Crippen LogP contribution in [0.25, 0.3) is 0 Å². The van der Waals surface area contributed by atoms with Crippen LogP contribution in [0.5, 0.6) is 0 Å². The number of rotatable bonds is 64. The third kappa shape index (κ3) is 76.2. The van der Waals surface area contributed by atoms with E-state index in [9.17, 15) is 14.7 Å². The van der Waals surface area contributed by atoms with Crippen LogP contribution in [-0.4, -0.2) is 36.4 Å². The molecule has 0 aromatic rings. The maximum absolute atomic E-state index is 12.4. The van der Waals surface area contributed by atoms with Gasteiger partial charge in [0.25, 0.3) is 0 Å². The van der Waals surface area contributed by atoms with Crippen molar-refractivity contribution in [3.63, 3.8) is 0 Å². The Labute approximate surface area is 566 Å². The minimum absolute atomic E-state index is 0.0985. The molecule has 1 atom stereocenters. The van der Waals surface area contributed by atoms with Gasteiger partial charge in [-0.1, -0.05) is 334 Å². The van der Waals surface area contributed by atoms with E-state index < -0.39 is 6.10 Å². The minimum Gasteiger partial charge on any atom is -0.462 e. The molecule has 0 aliphatic carbocycles. The van der Waals surface area contributed by atoms with E-state index in [-0.39, 0.29) is 31.6 Å². The van der Waals surface area contributed by atoms with Crippen molar-refractivity contribution < 1.29 is 24.2 Å². The summed E-state index contributed by atoms with van der Waals surface area (Å²) in [6.07, 6.45) is 130. The fourth-order valence-corrected chi connectivity index (χ4v) is 9.26. The topological polar surface area (TPSA) is 72.8 Å². The summed E-state index contributed by atoms with van der Waals surface area (Å²) in [6, 6.07) is 0. The van der Waals surface area contributed by atoms with Crippen molar-refractivity contribution in [1.82, 2.24) is 0 Å². The Kier molecular flexibility index (Phi) is 73.5. The molecule has 92 heavy (non-hydrogen) atoms. The minimum atomic E-state index is -0.815. The molecule has 0 aliphatic heterocycles. The second-order valence-corrected chi connectivity index (χ2v) is 23.2. The summed E-state index contributed by atoms with van der Waals surface area (Å²) in [7, 11) is 0. The first-order valence-electron chi connectivity index (χ1n) is 36.6. The Balaban J connectivity index is 3.65. The first-order chi connectivity index (χ1) is 45.6. The van der Waals surface area contributed by atoms with Crippen LogP contribution >= 0.6 is 0 Å². The molecule has 1 unspecified atom stereocenters. The van der Waals surface area contributed by atoms with Crippen molar-refractivity contribution in [2.45, 2.75) is 277 Å². The van der Waals surface area contributed by atoms with Crippen LogP contribution in [0.1, 0.15) is 271 Å². The number of carbonyl (C=O) groups is 2. The van der Waals surface area contributed by atoms with Crippen LogP contribution in [0.3, 0.4) is 0 Å². The Hall–Kier alpha value is -6.30. The summed E-state index contributed by atoms with van der Waals surface area (Å²) in [5.74, 6) is -0.656. The summed E-state index contributed by atoms with van der Waals surface area (Å²) in [6.45, 7) is 3.87. The van der Waals surface area contributed by atoms with E-state index in [2.05, 4.69) is 257 Å². The SMILES string of the molecule is CC/C=C\C/C=C\C/C=C\C/C=C\C/C=C\C/C=C\C/C=C\C/C=C\C/C=C\C/C=C\C/C=C\C/C=C\CCCCC(=O)OC(CO)COC(=O)CCCCCCCCCCCCCCCC/C=C\C/C=C\C/C=C\C/C=C\C/C=C\C/C=C\C/C=C\C/C=C\CC.